The zero-order valence-electron chi connectivity index (χ0n) is 14.0. The number of para-hydroxylation sites is 2. The summed E-state index contributed by atoms with van der Waals surface area (Å²) in [4.78, 5) is 22.4. The summed E-state index contributed by atoms with van der Waals surface area (Å²) in [6.07, 6.45) is -0.136. The first-order valence-electron chi connectivity index (χ1n) is 7.94. The fourth-order valence-corrected chi connectivity index (χ4v) is 2.20. The molecule has 0 aliphatic rings. The number of rotatable bonds is 9. The van der Waals surface area contributed by atoms with Crippen LogP contribution in [0.25, 0.3) is 0 Å². The molecular weight excluding hydrogens is 322 g/mol. The van der Waals surface area contributed by atoms with Crippen molar-refractivity contribution in [2.45, 2.75) is 26.0 Å². The zero-order valence-corrected chi connectivity index (χ0v) is 14.0. The van der Waals surface area contributed by atoms with Crippen LogP contribution in [-0.4, -0.2) is 29.6 Å². The summed E-state index contributed by atoms with van der Waals surface area (Å²) >= 11 is 0. The van der Waals surface area contributed by atoms with Gasteiger partial charge in [0.2, 0.25) is 0 Å². The molecule has 0 radical (unpaired) electrons. The molecule has 1 atom stereocenters. The number of carboxylic acid groups (broad SMARTS) is 1. The van der Waals surface area contributed by atoms with Crippen molar-refractivity contribution in [1.82, 2.24) is 5.32 Å². The number of nitrogens with one attached hydrogen (secondary N) is 1. The molecule has 2 aromatic carbocycles. The average Bonchev–Trinajstić information content (AvgIpc) is 2.59. The van der Waals surface area contributed by atoms with E-state index in [2.05, 4.69) is 5.32 Å². The Labute approximate surface area is 146 Å². The number of carbonyl (C=O) groups excluding carboxylic acids is 1. The van der Waals surface area contributed by atoms with Crippen molar-refractivity contribution in [3.63, 3.8) is 0 Å². The molecule has 0 aliphatic heterocycles. The predicted molar refractivity (Wildman–Crippen MR) is 92.6 cm³/mol. The van der Waals surface area contributed by atoms with E-state index < -0.39 is 12.0 Å². The van der Waals surface area contributed by atoms with E-state index in [4.69, 9.17) is 14.6 Å². The molecule has 0 saturated carbocycles. The molecule has 0 spiro atoms. The molecule has 0 aliphatic carbocycles. The first kappa shape index (κ1) is 18.3. The van der Waals surface area contributed by atoms with Gasteiger partial charge in [-0.05, 0) is 24.6 Å². The molecular formula is C19H21NO5. The van der Waals surface area contributed by atoms with Crippen LogP contribution in [0.4, 0.5) is 0 Å². The van der Waals surface area contributed by atoms with Gasteiger partial charge in [-0.1, -0.05) is 42.5 Å². The Morgan fingerprint density at radius 1 is 1.00 bits per heavy atom. The molecule has 2 N–H and O–H groups in total. The Morgan fingerprint density at radius 2 is 1.60 bits per heavy atom. The Kier molecular flexibility index (Phi) is 6.83. The molecule has 0 saturated heterocycles. The summed E-state index contributed by atoms with van der Waals surface area (Å²) in [5.41, 5.74) is 1.03. The zero-order chi connectivity index (χ0) is 18.1. The number of hydrogen-bond acceptors (Lipinski definition) is 4. The third kappa shape index (κ3) is 6.55. The maximum Gasteiger partial charge on any atom is 0.305 e. The second kappa shape index (κ2) is 9.32. The average molecular weight is 343 g/mol. The van der Waals surface area contributed by atoms with Crippen LogP contribution >= 0.6 is 0 Å². The van der Waals surface area contributed by atoms with Gasteiger partial charge >= 0.3 is 5.97 Å². The number of carbonyl (C=O) groups is 2. The van der Waals surface area contributed by atoms with Crippen molar-refractivity contribution in [2.75, 3.05) is 6.61 Å². The van der Waals surface area contributed by atoms with Gasteiger partial charge in [-0.15, -0.1) is 0 Å². The summed E-state index contributed by atoms with van der Waals surface area (Å²) in [7, 11) is 0. The molecule has 1 unspecified atom stereocenters. The van der Waals surface area contributed by atoms with Crippen molar-refractivity contribution in [1.29, 1.82) is 0 Å². The second-order valence-corrected chi connectivity index (χ2v) is 5.58. The van der Waals surface area contributed by atoms with Crippen LogP contribution in [0.5, 0.6) is 11.5 Å². The summed E-state index contributed by atoms with van der Waals surface area (Å²) in [6, 6.07) is 16.4. The van der Waals surface area contributed by atoms with Gasteiger partial charge in [-0.2, -0.15) is 0 Å². The van der Waals surface area contributed by atoms with Gasteiger partial charge in [0.1, 0.15) is 6.61 Å². The predicted octanol–water partition coefficient (Wildman–Crippen LogP) is 2.62. The van der Waals surface area contributed by atoms with E-state index in [1.54, 1.807) is 25.1 Å². The topological polar surface area (TPSA) is 84.9 Å². The Hall–Kier alpha value is -3.02. The van der Waals surface area contributed by atoms with Crippen LogP contribution < -0.4 is 14.8 Å². The highest BCUT2D eigenvalue weighted by atomic mass is 16.5. The van der Waals surface area contributed by atoms with Crippen LogP contribution in [0.2, 0.25) is 0 Å². The maximum absolute atomic E-state index is 11.8. The largest absolute Gasteiger partial charge is 0.485 e. The number of benzene rings is 2. The summed E-state index contributed by atoms with van der Waals surface area (Å²) in [5, 5.41) is 11.3. The highest BCUT2D eigenvalue weighted by Gasteiger charge is 2.12. The van der Waals surface area contributed by atoms with E-state index in [1.807, 2.05) is 36.4 Å². The van der Waals surface area contributed by atoms with Crippen molar-refractivity contribution < 1.29 is 24.2 Å². The number of carboxylic acids is 1. The molecule has 6 heteroatoms. The van der Waals surface area contributed by atoms with Crippen molar-refractivity contribution >= 4 is 11.9 Å². The monoisotopic (exact) mass is 343 g/mol. The lowest BCUT2D eigenvalue weighted by Crippen LogP contribution is -2.37. The maximum atomic E-state index is 11.8. The molecule has 0 aromatic heterocycles. The molecule has 0 bridgehead atoms. The molecule has 132 valence electrons. The third-order valence-electron chi connectivity index (χ3n) is 3.33. The summed E-state index contributed by atoms with van der Waals surface area (Å²) in [5.74, 6) is -0.350. The molecule has 6 nitrogen and oxygen atoms in total. The van der Waals surface area contributed by atoms with Crippen molar-refractivity contribution in [3.8, 4) is 11.5 Å². The van der Waals surface area contributed by atoms with Gasteiger partial charge in [-0.25, -0.2) is 0 Å². The minimum Gasteiger partial charge on any atom is -0.485 e. The number of aliphatic carboxylic acids is 1. The fourth-order valence-electron chi connectivity index (χ4n) is 2.20. The van der Waals surface area contributed by atoms with Crippen LogP contribution in [0.15, 0.2) is 54.6 Å². The smallest absolute Gasteiger partial charge is 0.305 e. The van der Waals surface area contributed by atoms with E-state index >= 15 is 0 Å². The van der Waals surface area contributed by atoms with Crippen molar-refractivity contribution in [2.24, 2.45) is 0 Å². The second-order valence-electron chi connectivity index (χ2n) is 5.58. The molecule has 0 heterocycles. The normalized spacial score (nSPS) is 11.4. The van der Waals surface area contributed by atoms with E-state index in [1.165, 1.54) is 0 Å². The SMILES string of the molecule is CC(CC(=O)O)NC(=O)COc1ccccc1OCc1ccccc1. The number of ether oxygens (including phenoxy) is 2. The highest BCUT2D eigenvalue weighted by molar-refractivity contribution is 5.78. The Morgan fingerprint density at radius 3 is 2.24 bits per heavy atom. The quantitative estimate of drug-likeness (QED) is 0.731. The lowest BCUT2D eigenvalue weighted by molar-refractivity contribution is -0.137. The van der Waals surface area contributed by atoms with E-state index in [0.717, 1.165) is 5.56 Å². The van der Waals surface area contributed by atoms with Gasteiger partial charge in [0.15, 0.2) is 18.1 Å². The Balaban J connectivity index is 1.87. The number of amides is 1. The van der Waals surface area contributed by atoms with E-state index in [0.29, 0.717) is 18.1 Å². The first-order chi connectivity index (χ1) is 12.0. The minimum atomic E-state index is -0.964. The molecule has 2 aromatic rings. The molecule has 25 heavy (non-hydrogen) atoms. The summed E-state index contributed by atoms with van der Waals surface area (Å²) < 4.78 is 11.3. The van der Waals surface area contributed by atoms with Crippen LogP contribution in [-0.2, 0) is 16.2 Å². The van der Waals surface area contributed by atoms with Crippen molar-refractivity contribution in [3.05, 3.63) is 60.2 Å². The minimum absolute atomic E-state index is 0.136. The van der Waals surface area contributed by atoms with Gasteiger partial charge in [0, 0.05) is 6.04 Å². The first-order valence-corrected chi connectivity index (χ1v) is 7.94. The highest BCUT2D eigenvalue weighted by Crippen LogP contribution is 2.27. The van der Waals surface area contributed by atoms with Gasteiger partial charge < -0.3 is 19.9 Å². The Bertz CT molecular complexity index is 702. The lowest BCUT2D eigenvalue weighted by atomic mass is 10.2. The molecule has 2 rings (SSSR count). The third-order valence-corrected chi connectivity index (χ3v) is 3.33. The van der Waals surface area contributed by atoms with Crippen LogP contribution in [0.1, 0.15) is 18.9 Å². The molecule has 0 fully saturated rings. The van der Waals surface area contributed by atoms with Crippen LogP contribution in [0, 0.1) is 0 Å². The van der Waals surface area contributed by atoms with Gasteiger partial charge in [-0.3, -0.25) is 9.59 Å². The fraction of sp³-hybridized carbons (Fsp3) is 0.263. The lowest BCUT2D eigenvalue weighted by Gasteiger charge is -2.14. The van der Waals surface area contributed by atoms with Gasteiger partial charge in [0.25, 0.3) is 5.91 Å². The molecule has 1 amide bonds. The standard InChI is InChI=1S/C19H21NO5/c1-14(11-19(22)23)20-18(21)13-25-17-10-6-5-9-16(17)24-12-15-7-3-2-4-8-15/h2-10,14H,11-13H2,1H3,(H,20,21)(H,22,23). The van der Waals surface area contributed by atoms with E-state index in [9.17, 15) is 9.59 Å². The number of hydrogen-bond donors (Lipinski definition) is 2. The van der Waals surface area contributed by atoms with Crippen LogP contribution in [0.3, 0.4) is 0 Å². The summed E-state index contributed by atoms with van der Waals surface area (Å²) in [6.45, 7) is 1.81. The van der Waals surface area contributed by atoms with E-state index in [-0.39, 0.29) is 18.9 Å². The van der Waals surface area contributed by atoms with Gasteiger partial charge in [0.05, 0.1) is 6.42 Å².